The van der Waals surface area contributed by atoms with E-state index in [4.69, 9.17) is 16.9 Å². The number of halogens is 3. The summed E-state index contributed by atoms with van der Waals surface area (Å²) < 4.78 is 24.6. The Bertz CT molecular complexity index is 407. The van der Waals surface area contributed by atoms with Crippen molar-refractivity contribution in [2.24, 2.45) is 0 Å². The van der Waals surface area contributed by atoms with Gasteiger partial charge in [0.05, 0.1) is 11.6 Å². The molecule has 0 aliphatic carbocycles. The van der Waals surface area contributed by atoms with Gasteiger partial charge in [-0.05, 0) is 23.8 Å². The van der Waals surface area contributed by atoms with Gasteiger partial charge >= 0.3 is 0 Å². The molecule has 0 saturated heterocycles. The molecule has 0 N–H and O–H groups in total. The highest BCUT2D eigenvalue weighted by molar-refractivity contribution is 6.30. The molecule has 0 saturated carbocycles. The second kappa shape index (κ2) is 4.21. The third-order valence-electron chi connectivity index (χ3n) is 1.66. The van der Waals surface area contributed by atoms with E-state index >= 15 is 0 Å². The highest BCUT2D eigenvalue weighted by Gasteiger charge is 2.10. The van der Waals surface area contributed by atoms with Crippen molar-refractivity contribution in [2.45, 2.75) is 6.43 Å². The molecule has 72 valence electrons. The lowest BCUT2D eigenvalue weighted by Gasteiger charge is -2.03. The number of allylic oxidation sites excluding steroid dienone is 1. The van der Waals surface area contributed by atoms with Crippen LogP contribution in [0.4, 0.5) is 8.78 Å². The number of hydrogen-bond donors (Lipinski definition) is 0. The lowest BCUT2D eigenvalue weighted by atomic mass is 10.1. The Hall–Kier alpha value is -1.40. The molecule has 0 spiro atoms. The van der Waals surface area contributed by atoms with Gasteiger partial charge in [0.15, 0.2) is 0 Å². The first-order valence-electron chi connectivity index (χ1n) is 3.72. The fourth-order valence-electron chi connectivity index (χ4n) is 0.977. The average molecular weight is 214 g/mol. The first-order chi connectivity index (χ1) is 6.54. The predicted octanol–water partition coefficient (Wildman–Crippen LogP) is 3.81. The Morgan fingerprint density at radius 2 is 2.07 bits per heavy atom. The zero-order valence-electron chi connectivity index (χ0n) is 7.10. The Balaban J connectivity index is 3.22. The van der Waals surface area contributed by atoms with Crippen molar-refractivity contribution in [3.63, 3.8) is 0 Å². The summed E-state index contributed by atoms with van der Waals surface area (Å²) >= 11 is 5.61. The molecule has 0 aromatic heterocycles. The van der Waals surface area contributed by atoms with E-state index in [1.807, 2.05) is 0 Å². The molecule has 1 nitrogen and oxygen atoms in total. The Kier molecular flexibility index (Phi) is 3.21. The summed E-state index contributed by atoms with van der Waals surface area (Å²) in [5.74, 6) is 0. The number of benzene rings is 1. The van der Waals surface area contributed by atoms with Gasteiger partial charge in [-0.3, -0.25) is 0 Å². The molecule has 1 aromatic carbocycles. The second-order valence-electron chi connectivity index (χ2n) is 2.66. The van der Waals surface area contributed by atoms with Crippen LogP contribution in [0.15, 0.2) is 24.8 Å². The number of rotatable bonds is 2. The summed E-state index contributed by atoms with van der Waals surface area (Å²) in [6, 6.07) is 5.58. The molecule has 0 aliphatic rings. The van der Waals surface area contributed by atoms with Crippen LogP contribution in [0.2, 0.25) is 5.02 Å². The lowest BCUT2D eigenvalue weighted by molar-refractivity contribution is 0.151. The summed E-state index contributed by atoms with van der Waals surface area (Å²) in [5, 5.41) is 8.70. The van der Waals surface area contributed by atoms with E-state index in [1.165, 1.54) is 18.2 Å². The van der Waals surface area contributed by atoms with Gasteiger partial charge in [0.2, 0.25) is 0 Å². The molecule has 0 bridgehead atoms. The third kappa shape index (κ3) is 2.30. The van der Waals surface area contributed by atoms with Gasteiger partial charge in [0, 0.05) is 10.6 Å². The quantitative estimate of drug-likeness (QED) is 0.686. The fourth-order valence-corrected chi connectivity index (χ4v) is 1.22. The maximum absolute atomic E-state index is 12.3. The Morgan fingerprint density at radius 3 is 2.57 bits per heavy atom. The Labute approximate surface area is 85.2 Å². The van der Waals surface area contributed by atoms with Crippen molar-refractivity contribution in [3.05, 3.63) is 40.9 Å². The highest BCUT2D eigenvalue weighted by atomic mass is 35.5. The molecular formula is C10H6ClF2N. The lowest BCUT2D eigenvalue weighted by Crippen LogP contribution is -1.88. The van der Waals surface area contributed by atoms with Crippen LogP contribution in [0.1, 0.15) is 17.6 Å². The first kappa shape index (κ1) is 10.7. The molecule has 4 heteroatoms. The predicted molar refractivity (Wildman–Crippen MR) is 51.1 cm³/mol. The van der Waals surface area contributed by atoms with Gasteiger partial charge in [-0.2, -0.15) is 5.26 Å². The maximum Gasteiger partial charge on any atom is 0.263 e. The zero-order chi connectivity index (χ0) is 10.7. The van der Waals surface area contributed by atoms with E-state index in [0.717, 1.165) is 0 Å². The molecule has 0 amide bonds. The van der Waals surface area contributed by atoms with E-state index < -0.39 is 6.43 Å². The summed E-state index contributed by atoms with van der Waals surface area (Å²) in [6.45, 7) is 3.42. The number of hydrogen-bond acceptors (Lipinski definition) is 1. The van der Waals surface area contributed by atoms with Gasteiger partial charge in [-0.1, -0.05) is 18.2 Å². The molecule has 14 heavy (non-hydrogen) atoms. The van der Waals surface area contributed by atoms with E-state index in [9.17, 15) is 8.78 Å². The minimum Gasteiger partial charge on any atom is -0.205 e. The minimum absolute atomic E-state index is 0.120. The summed E-state index contributed by atoms with van der Waals surface area (Å²) in [4.78, 5) is 0. The smallest absolute Gasteiger partial charge is 0.205 e. The van der Waals surface area contributed by atoms with Gasteiger partial charge in [0.1, 0.15) is 0 Å². The molecular weight excluding hydrogens is 208 g/mol. The minimum atomic E-state index is -2.60. The standard InChI is InChI=1S/C10H6ClF2N/c1-6(5-14)7-2-8(10(12)13)4-9(11)3-7/h2-4,10H,1H2. The van der Waals surface area contributed by atoms with Crippen LogP contribution in [0, 0.1) is 11.3 Å². The second-order valence-corrected chi connectivity index (χ2v) is 3.10. The fraction of sp³-hybridized carbons (Fsp3) is 0.100. The molecule has 0 unspecified atom stereocenters. The number of nitrogens with zero attached hydrogens (tertiary/aromatic N) is 1. The normalized spacial score (nSPS) is 9.93. The van der Waals surface area contributed by atoms with Crippen LogP contribution in [-0.2, 0) is 0 Å². The van der Waals surface area contributed by atoms with E-state index in [2.05, 4.69) is 6.58 Å². The van der Waals surface area contributed by atoms with Crippen LogP contribution in [-0.4, -0.2) is 0 Å². The number of alkyl halides is 2. The van der Waals surface area contributed by atoms with E-state index in [1.54, 1.807) is 6.07 Å². The van der Waals surface area contributed by atoms with Crippen LogP contribution < -0.4 is 0 Å². The SMILES string of the molecule is C=C(C#N)c1cc(Cl)cc(C(F)F)c1. The molecule has 0 atom stereocenters. The van der Waals surface area contributed by atoms with Crippen molar-refractivity contribution >= 4 is 17.2 Å². The Morgan fingerprint density at radius 1 is 1.43 bits per heavy atom. The molecule has 0 heterocycles. The molecule has 0 fully saturated rings. The van der Waals surface area contributed by atoms with Crippen molar-refractivity contribution < 1.29 is 8.78 Å². The zero-order valence-corrected chi connectivity index (χ0v) is 7.85. The van der Waals surface area contributed by atoms with Crippen molar-refractivity contribution in [1.82, 2.24) is 0 Å². The van der Waals surface area contributed by atoms with Crippen molar-refractivity contribution in [1.29, 1.82) is 5.26 Å². The molecule has 0 aliphatic heterocycles. The molecule has 1 rings (SSSR count). The molecule has 0 radical (unpaired) electrons. The van der Waals surface area contributed by atoms with Crippen molar-refractivity contribution in [3.8, 4) is 6.07 Å². The van der Waals surface area contributed by atoms with E-state index in [-0.39, 0.29) is 16.2 Å². The van der Waals surface area contributed by atoms with Crippen molar-refractivity contribution in [2.75, 3.05) is 0 Å². The highest BCUT2D eigenvalue weighted by Crippen LogP contribution is 2.26. The van der Waals surface area contributed by atoms with Gasteiger partial charge in [0.25, 0.3) is 6.43 Å². The van der Waals surface area contributed by atoms with Gasteiger partial charge in [-0.25, -0.2) is 8.78 Å². The maximum atomic E-state index is 12.3. The van der Waals surface area contributed by atoms with E-state index in [0.29, 0.717) is 5.56 Å². The monoisotopic (exact) mass is 213 g/mol. The van der Waals surface area contributed by atoms with Crippen LogP contribution in [0.5, 0.6) is 0 Å². The first-order valence-corrected chi connectivity index (χ1v) is 4.10. The summed E-state index contributed by atoms with van der Waals surface area (Å²) in [7, 11) is 0. The van der Waals surface area contributed by atoms with Gasteiger partial charge in [-0.15, -0.1) is 0 Å². The largest absolute Gasteiger partial charge is 0.263 e. The third-order valence-corrected chi connectivity index (χ3v) is 1.87. The van der Waals surface area contributed by atoms with Crippen LogP contribution in [0.25, 0.3) is 5.57 Å². The van der Waals surface area contributed by atoms with Crippen LogP contribution >= 0.6 is 11.6 Å². The average Bonchev–Trinajstić information content (AvgIpc) is 2.15. The number of nitriles is 1. The molecule has 1 aromatic rings. The van der Waals surface area contributed by atoms with Gasteiger partial charge < -0.3 is 0 Å². The van der Waals surface area contributed by atoms with Crippen LogP contribution in [0.3, 0.4) is 0 Å². The summed E-state index contributed by atoms with van der Waals surface area (Å²) in [6.07, 6.45) is -2.60. The topological polar surface area (TPSA) is 23.8 Å². The summed E-state index contributed by atoms with van der Waals surface area (Å²) in [5.41, 5.74) is 0.244.